The van der Waals surface area contributed by atoms with Gasteiger partial charge in [-0.05, 0) is 49.2 Å². The zero-order chi connectivity index (χ0) is 16.3. The second kappa shape index (κ2) is 4.94. The van der Waals surface area contributed by atoms with Crippen molar-refractivity contribution >= 4 is 38.4 Å². The summed E-state index contributed by atoms with van der Waals surface area (Å²) in [6.45, 7) is 0.802. The SMILES string of the molecule is O=C1Nc2ccc(Br)cc2[C@@]12NCCCc1c2[nH]c2ccccc12. The van der Waals surface area contributed by atoms with Crippen molar-refractivity contribution in [3.8, 4) is 0 Å². The van der Waals surface area contributed by atoms with Crippen LogP contribution in [-0.4, -0.2) is 17.4 Å². The standard InChI is InChI=1S/C19H16BrN3O/c20-11-7-8-16-14(10-11)19(18(24)23-16)17-13(5-3-9-21-19)12-4-1-2-6-15(12)22-17/h1-2,4,6-8,10,21-22H,3,5,9H2,(H,23,24)/t19-/m0/s1. The zero-order valence-corrected chi connectivity index (χ0v) is 14.5. The number of hydrogen-bond donors (Lipinski definition) is 3. The largest absolute Gasteiger partial charge is 0.356 e. The molecule has 120 valence electrons. The van der Waals surface area contributed by atoms with E-state index in [0.29, 0.717) is 0 Å². The highest BCUT2D eigenvalue weighted by Gasteiger charge is 2.51. The molecule has 0 aliphatic carbocycles. The van der Waals surface area contributed by atoms with Crippen LogP contribution in [0.5, 0.6) is 0 Å². The van der Waals surface area contributed by atoms with Crippen molar-refractivity contribution in [1.29, 1.82) is 0 Å². The van der Waals surface area contributed by atoms with Gasteiger partial charge in [0.15, 0.2) is 5.54 Å². The van der Waals surface area contributed by atoms with E-state index in [-0.39, 0.29) is 5.91 Å². The molecule has 3 aromatic rings. The van der Waals surface area contributed by atoms with Gasteiger partial charge in [0.2, 0.25) is 0 Å². The van der Waals surface area contributed by atoms with Crippen molar-refractivity contribution < 1.29 is 4.79 Å². The molecular formula is C19H16BrN3O. The number of aromatic amines is 1. The van der Waals surface area contributed by atoms with Gasteiger partial charge in [0, 0.05) is 26.6 Å². The van der Waals surface area contributed by atoms with E-state index in [4.69, 9.17) is 0 Å². The van der Waals surface area contributed by atoms with Gasteiger partial charge in [-0.1, -0.05) is 34.1 Å². The molecule has 3 heterocycles. The third-order valence-corrected chi connectivity index (χ3v) is 5.65. The molecular weight excluding hydrogens is 366 g/mol. The van der Waals surface area contributed by atoms with Gasteiger partial charge in [0.05, 0.1) is 5.69 Å². The Morgan fingerprint density at radius 3 is 2.92 bits per heavy atom. The van der Waals surface area contributed by atoms with Crippen LogP contribution in [0.25, 0.3) is 10.9 Å². The molecule has 0 saturated heterocycles. The summed E-state index contributed by atoms with van der Waals surface area (Å²) >= 11 is 3.55. The van der Waals surface area contributed by atoms with E-state index < -0.39 is 5.54 Å². The molecule has 0 bridgehead atoms. The Labute approximate surface area is 147 Å². The van der Waals surface area contributed by atoms with Crippen LogP contribution < -0.4 is 10.6 Å². The van der Waals surface area contributed by atoms with E-state index in [1.54, 1.807) is 0 Å². The van der Waals surface area contributed by atoms with Crippen LogP contribution >= 0.6 is 15.9 Å². The van der Waals surface area contributed by atoms with E-state index >= 15 is 0 Å². The molecule has 1 amide bonds. The third kappa shape index (κ3) is 1.74. The minimum Gasteiger partial charge on any atom is -0.356 e. The lowest BCUT2D eigenvalue weighted by Gasteiger charge is -2.27. The molecule has 0 radical (unpaired) electrons. The maximum absolute atomic E-state index is 13.1. The molecule has 2 aliphatic rings. The predicted octanol–water partition coefficient (Wildman–Crippen LogP) is 3.66. The highest BCUT2D eigenvalue weighted by molar-refractivity contribution is 9.10. The first-order valence-electron chi connectivity index (χ1n) is 8.17. The van der Waals surface area contributed by atoms with Crippen molar-refractivity contribution in [1.82, 2.24) is 10.3 Å². The number of rotatable bonds is 0. The summed E-state index contributed by atoms with van der Waals surface area (Å²) in [5.41, 5.74) is 4.33. The number of carbonyl (C=O) groups excluding carboxylic acids is 1. The molecule has 0 fully saturated rings. The van der Waals surface area contributed by atoms with Crippen LogP contribution in [0.15, 0.2) is 46.9 Å². The number of benzene rings is 2. The first-order chi connectivity index (χ1) is 11.7. The normalized spacial score (nSPS) is 22.3. The smallest absolute Gasteiger partial charge is 0.255 e. The van der Waals surface area contributed by atoms with Crippen LogP contribution in [0.4, 0.5) is 5.69 Å². The number of carbonyl (C=O) groups is 1. The zero-order valence-electron chi connectivity index (χ0n) is 12.9. The first kappa shape index (κ1) is 14.3. The lowest BCUT2D eigenvalue weighted by atomic mass is 9.85. The molecule has 0 unspecified atom stereocenters. The van der Waals surface area contributed by atoms with Crippen LogP contribution in [0, 0.1) is 0 Å². The summed E-state index contributed by atoms with van der Waals surface area (Å²) in [6, 6.07) is 14.3. The lowest BCUT2D eigenvalue weighted by Crippen LogP contribution is -2.49. The predicted molar refractivity (Wildman–Crippen MR) is 98.2 cm³/mol. The number of nitrogens with one attached hydrogen (secondary N) is 3. The van der Waals surface area contributed by atoms with E-state index in [0.717, 1.165) is 46.3 Å². The Kier molecular flexibility index (Phi) is 2.94. The fourth-order valence-electron chi connectivity index (χ4n) is 4.11. The molecule has 3 N–H and O–H groups in total. The van der Waals surface area contributed by atoms with Gasteiger partial charge in [-0.3, -0.25) is 10.1 Å². The van der Waals surface area contributed by atoms with Crippen LogP contribution in [-0.2, 0) is 16.8 Å². The second-order valence-electron chi connectivity index (χ2n) is 6.45. The Morgan fingerprint density at radius 1 is 1.12 bits per heavy atom. The van der Waals surface area contributed by atoms with Gasteiger partial charge in [-0.25, -0.2) is 0 Å². The quantitative estimate of drug-likeness (QED) is 0.556. The summed E-state index contributed by atoms with van der Waals surface area (Å²) in [5, 5.41) is 7.81. The molecule has 24 heavy (non-hydrogen) atoms. The number of amides is 1. The topological polar surface area (TPSA) is 56.9 Å². The van der Waals surface area contributed by atoms with Crippen molar-refractivity contribution in [3.63, 3.8) is 0 Å². The molecule has 0 saturated carbocycles. The van der Waals surface area contributed by atoms with Gasteiger partial charge in [0.1, 0.15) is 0 Å². The van der Waals surface area contributed by atoms with Crippen molar-refractivity contribution in [3.05, 3.63) is 63.8 Å². The number of para-hydroxylation sites is 1. The highest BCUT2D eigenvalue weighted by atomic mass is 79.9. The van der Waals surface area contributed by atoms with Gasteiger partial charge < -0.3 is 10.3 Å². The van der Waals surface area contributed by atoms with E-state index in [2.05, 4.69) is 49.7 Å². The summed E-state index contributed by atoms with van der Waals surface area (Å²) < 4.78 is 0.973. The lowest BCUT2D eigenvalue weighted by molar-refractivity contribution is -0.120. The maximum atomic E-state index is 13.1. The summed E-state index contributed by atoms with van der Waals surface area (Å²) in [4.78, 5) is 16.6. The van der Waals surface area contributed by atoms with Crippen LogP contribution in [0.2, 0.25) is 0 Å². The summed E-state index contributed by atoms with van der Waals surface area (Å²) in [6.07, 6.45) is 1.97. The van der Waals surface area contributed by atoms with Crippen LogP contribution in [0.3, 0.4) is 0 Å². The third-order valence-electron chi connectivity index (χ3n) is 5.16. The number of halogens is 1. The fraction of sp³-hybridized carbons (Fsp3) is 0.211. The Bertz CT molecular complexity index is 993. The average molecular weight is 382 g/mol. The Morgan fingerprint density at radius 2 is 2.00 bits per heavy atom. The highest BCUT2D eigenvalue weighted by Crippen LogP contribution is 2.45. The first-order valence-corrected chi connectivity index (χ1v) is 8.96. The van der Waals surface area contributed by atoms with Crippen molar-refractivity contribution in [2.75, 3.05) is 11.9 Å². The second-order valence-corrected chi connectivity index (χ2v) is 7.36. The number of H-pyrrole nitrogens is 1. The fourth-order valence-corrected chi connectivity index (χ4v) is 4.47. The van der Waals surface area contributed by atoms with Crippen LogP contribution in [0.1, 0.15) is 23.2 Å². The molecule has 5 rings (SSSR count). The number of aryl methyl sites for hydroxylation is 1. The molecule has 2 aromatic carbocycles. The van der Waals surface area contributed by atoms with Gasteiger partial charge >= 0.3 is 0 Å². The van der Waals surface area contributed by atoms with Gasteiger partial charge in [0.25, 0.3) is 5.91 Å². The number of fused-ring (bicyclic) bond motifs is 6. The average Bonchev–Trinajstić information content (AvgIpc) is 3.00. The molecule has 5 heteroatoms. The van der Waals surface area contributed by atoms with E-state index in [1.807, 2.05) is 24.3 Å². The summed E-state index contributed by atoms with van der Waals surface area (Å²) in [5.74, 6) is -0.00898. The van der Waals surface area contributed by atoms with E-state index in [1.165, 1.54) is 10.9 Å². The number of hydrogen-bond acceptors (Lipinski definition) is 2. The molecule has 4 nitrogen and oxygen atoms in total. The molecule has 2 aliphatic heterocycles. The van der Waals surface area contributed by atoms with Crippen molar-refractivity contribution in [2.45, 2.75) is 18.4 Å². The Hall–Kier alpha value is -2.11. The van der Waals surface area contributed by atoms with Gasteiger partial charge in [-0.2, -0.15) is 0 Å². The minimum atomic E-state index is -0.843. The minimum absolute atomic E-state index is 0.00898. The number of aromatic nitrogens is 1. The van der Waals surface area contributed by atoms with E-state index in [9.17, 15) is 4.79 Å². The summed E-state index contributed by atoms with van der Waals surface area (Å²) in [7, 11) is 0. The van der Waals surface area contributed by atoms with Gasteiger partial charge in [-0.15, -0.1) is 0 Å². The maximum Gasteiger partial charge on any atom is 0.255 e. The molecule has 1 spiro atoms. The van der Waals surface area contributed by atoms with Crippen molar-refractivity contribution in [2.24, 2.45) is 0 Å². The molecule has 1 aromatic heterocycles. The monoisotopic (exact) mass is 381 g/mol. The Balaban J connectivity index is 1.87. The molecule has 1 atom stereocenters. The number of anilines is 1.